The van der Waals surface area contributed by atoms with Crippen molar-refractivity contribution < 1.29 is 14.9 Å². The van der Waals surface area contributed by atoms with Crippen LogP contribution in [-0.4, -0.2) is 69.4 Å². The number of aromatic nitrogens is 2. The van der Waals surface area contributed by atoms with Crippen molar-refractivity contribution >= 4 is 11.8 Å². The fraction of sp³-hybridized carbons (Fsp3) is 0.464. The van der Waals surface area contributed by atoms with E-state index >= 15 is 0 Å². The molecule has 35 heavy (non-hydrogen) atoms. The first-order chi connectivity index (χ1) is 17.0. The normalized spacial score (nSPS) is 19.7. The second-order valence-electron chi connectivity index (χ2n) is 9.70. The summed E-state index contributed by atoms with van der Waals surface area (Å²) in [6.45, 7) is 4.98. The topological polar surface area (TPSA) is 70.8 Å². The zero-order valence-corrected chi connectivity index (χ0v) is 21.4. The van der Waals surface area contributed by atoms with Crippen LogP contribution < -0.4 is 0 Å². The number of aryl methyl sites for hydroxylation is 1. The number of likely N-dealkylation sites (tertiary alicyclic amines) is 1. The molecule has 1 aromatic heterocycles. The molecule has 2 unspecified atom stereocenters. The molecule has 0 bridgehead atoms. The van der Waals surface area contributed by atoms with E-state index in [9.17, 15) is 5.11 Å². The molecule has 186 valence electrons. The first-order valence-electron chi connectivity index (χ1n) is 12.5. The quantitative estimate of drug-likeness (QED) is 0.484. The summed E-state index contributed by atoms with van der Waals surface area (Å²) < 4.78 is 9.20. The molecule has 6 nitrogen and oxygen atoms in total. The predicted octanol–water partition coefficient (Wildman–Crippen LogP) is 4.06. The molecule has 7 heteroatoms. The van der Waals surface area contributed by atoms with Gasteiger partial charge >= 0.3 is 0 Å². The minimum absolute atomic E-state index is 0.163. The number of aliphatic hydroxyl groups excluding tert-OH is 2. The zero-order chi connectivity index (χ0) is 24.4. The summed E-state index contributed by atoms with van der Waals surface area (Å²) in [5.74, 6) is 1.48. The van der Waals surface area contributed by atoms with Gasteiger partial charge in [0.05, 0.1) is 24.5 Å². The third-order valence-electron chi connectivity index (χ3n) is 7.20. The van der Waals surface area contributed by atoms with Gasteiger partial charge in [0.15, 0.2) is 0 Å². The fourth-order valence-electron chi connectivity index (χ4n) is 5.10. The van der Waals surface area contributed by atoms with Gasteiger partial charge in [-0.2, -0.15) is 0 Å². The lowest BCUT2D eigenvalue weighted by Crippen LogP contribution is -2.35. The number of nitrogens with zero attached hydrogens (tertiary/aromatic N) is 3. The molecule has 0 radical (unpaired) electrons. The molecular weight excluding hydrogens is 458 g/mol. The Bertz CT molecular complexity index is 1140. The Morgan fingerprint density at radius 3 is 2.57 bits per heavy atom. The van der Waals surface area contributed by atoms with Crippen LogP contribution in [0.25, 0.3) is 11.3 Å². The van der Waals surface area contributed by atoms with Crippen molar-refractivity contribution in [1.29, 1.82) is 0 Å². The van der Waals surface area contributed by atoms with Gasteiger partial charge in [-0.3, -0.25) is 0 Å². The maximum atomic E-state index is 9.63. The lowest BCUT2D eigenvalue weighted by molar-refractivity contribution is -0.0276. The second kappa shape index (κ2) is 10.8. The van der Waals surface area contributed by atoms with Gasteiger partial charge in [0, 0.05) is 41.5 Å². The van der Waals surface area contributed by atoms with Crippen molar-refractivity contribution in [3.05, 3.63) is 71.2 Å². The Balaban J connectivity index is 1.45. The number of rotatable bonds is 7. The van der Waals surface area contributed by atoms with Gasteiger partial charge < -0.3 is 24.4 Å². The van der Waals surface area contributed by atoms with Crippen molar-refractivity contribution in [3.8, 4) is 11.3 Å². The molecule has 0 saturated carbocycles. The highest BCUT2D eigenvalue weighted by atomic mass is 32.2. The van der Waals surface area contributed by atoms with Gasteiger partial charge in [-0.1, -0.05) is 36.4 Å². The van der Waals surface area contributed by atoms with Crippen LogP contribution in [0.1, 0.15) is 41.6 Å². The Morgan fingerprint density at radius 1 is 1.09 bits per heavy atom. The summed E-state index contributed by atoms with van der Waals surface area (Å²) in [7, 11) is 2.18. The van der Waals surface area contributed by atoms with Crippen LogP contribution >= 0.6 is 11.8 Å². The number of thioether (sulfide) groups is 1. The van der Waals surface area contributed by atoms with E-state index in [1.54, 1.807) is 11.8 Å². The van der Waals surface area contributed by atoms with E-state index < -0.39 is 6.10 Å². The molecule has 3 aromatic rings. The Labute approximate surface area is 212 Å². The van der Waals surface area contributed by atoms with E-state index in [-0.39, 0.29) is 18.8 Å². The predicted molar refractivity (Wildman–Crippen MR) is 140 cm³/mol. The van der Waals surface area contributed by atoms with Crippen LogP contribution in [0.15, 0.2) is 53.4 Å². The SMILES string of the molecule is Cc1c(-c2ccc(SCC(O)CO)cc2)nc2n1CCc1ccccc1C2OC1CCN(C)CC1. The molecule has 2 aliphatic rings. The monoisotopic (exact) mass is 493 g/mol. The minimum Gasteiger partial charge on any atom is -0.394 e. The third kappa shape index (κ3) is 5.34. The molecule has 2 aliphatic heterocycles. The van der Waals surface area contributed by atoms with Crippen LogP contribution in [0.4, 0.5) is 0 Å². The fourth-order valence-corrected chi connectivity index (χ4v) is 5.92. The molecule has 2 atom stereocenters. The maximum absolute atomic E-state index is 9.63. The van der Waals surface area contributed by atoms with Crippen LogP contribution in [0.2, 0.25) is 0 Å². The minimum atomic E-state index is -0.699. The number of imidazole rings is 1. The van der Waals surface area contributed by atoms with Crippen LogP contribution in [0.5, 0.6) is 0 Å². The standard InChI is InChI=1S/C28H35N3O3S/c1-19-26(21-7-9-24(10-8-21)35-18-22(33)17-32)29-28-27(34-23-12-14-30(2)15-13-23)25-6-4-3-5-20(25)11-16-31(19)28/h3-10,22-23,27,32-33H,11-18H2,1-2H3. The molecule has 0 spiro atoms. The molecule has 0 aliphatic carbocycles. The summed E-state index contributed by atoms with van der Waals surface area (Å²) in [5.41, 5.74) is 5.85. The van der Waals surface area contributed by atoms with Crippen molar-refractivity contribution in [1.82, 2.24) is 14.5 Å². The van der Waals surface area contributed by atoms with Gasteiger partial charge in [0.1, 0.15) is 11.9 Å². The van der Waals surface area contributed by atoms with E-state index in [2.05, 4.69) is 72.0 Å². The summed E-state index contributed by atoms with van der Waals surface area (Å²) >= 11 is 1.54. The highest BCUT2D eigenvalue weighted by Gasteiger charge is 2.32. The molecule has 2 aromatic carbocycles. The largest absolute Gasteiger partial charge is 0.394 e. The van der Waals surface area contributed by atoms with Gasteiger partial charge in [-0.25, -0.2) is 4.98 Å². The average Bonchev–Trinajstić information content (AvgIpc) is 3.13. The van der Waals surface area contributed by atoms with Gasteiger partial charge in [0.25, 0.3) is 0 Å². The lowest BCUT2D eigenvalue weighted by Gasteiger charge is -2.32. The molecule has 2 N–H and O–H groups in total. The number of hydrogen-bond acceptors (Lipinski definition) is 6. The summed E-state index contributed by atoms with van der Waals surface area (Å²) in [4.78, 5) is 8.64. The Kier molecular flexibility index (Phi) is 7.60. The number of hydrogen-bond donors (Lipinski definition) is 2. The molecule has 1 fully saturated rings. The molecular formula is C28H35N3O3S. The van der Waals surface area contributed by atoms with Gasteiger partial charge in [-0.05, 0) is 56.5 Å². The van der Waals surface area contributed by atoms with E-state index in [4.69, 9.17) is 14.8 Å². The van der Waals surface area contributed by atoms with Crippen LogP contribution in [-0.2, 0) is 17.7 Å². The van der Waals surface area contributed by atoms with Crippen molar-refractivity contribution in [2.45, 2.75) is 55.9 Å². The van der Waals surface area contributed by atoms with Crippen molar-refractivity contribution in [2.75, 3.05) is 32.5 Å². The summed E-state index contributed by atoms with van der Waals surface area (Å²) in [5, 5.41) is 18.7. The highest BCUT2D eigenvalue weighted by Crippen LogP contribution is 2.37. The van der Waals surface area contributed by atoms with Crippen molar-refractivity contribution in [2.24, 2.45) is 0 Å². The van der Waals surface area contributed by atoms with Crippen LogP contribution in [0, 0.1) is 6.92 Å². The van der Waals surface area contributed by atoms with E-state index in [0.29, 0.717) is 5.75 Å². The van der Waals surface area contributed by atoms with Gasteiger partial charge in [-0.15, -0.1) is 11.8 Å². The number of fused-ring (bicyclic) bond motifs is 2. The molecule has 3 heterocycles. The maximum Gasteiger partial charge on any atom is 0.143 e. The smallest absolute Gasteiger partial charge is 0.143 e. The Hall–Kier alpha value is -2.16. The zero-order valence-electron chi connectivity index (χ0n) is 20.6. The number of ether oxygens (including phenoxy) is 1. The summed E-state index contributed by atoms with van der Waals surface area (Å²) in [6.07, 6.45) is 2.44. The second-order valence-corrected chi connectivity index (χ2v) is 10.8. The lowest BCUT2D eigenvalue weighted by atomic mass is 10.00. The third-order valence-corrected chi connectivity index (χ3v) is 8.36. The molecule has 0 amide bonds. The van der Waals surface area contributed by atoms with E-state index in [1.807, 2.05) is 0 Å². The number of piperidine rings is 1. The first kappa shape index (κ1) is 24.5. The molecule has 1 saturated heterocycles. The number of aliphatic hydroxyl groups is 2. The number of benzene rings is 2. The first-order valence-corrected chi connectivity index (χ1v) is 13.5. The average molecular weight is 494 g/mol. The van der Waals surface area contributed by atoms with Crippen molar-refractivity contribution in [3.63, 3.8) is 0 Å². The Morgan fingerprint density at radius 2 is 1.83 bits per heavy atom. The van der Waals surface area contributed by atoms with E-state index in [1.165, 1.54) is 16.8 Å². The molecule has 5 rings (SSSR count). The van der Waals surface area contributed by atoms with E-state index in [0.717, 1.165) is 60.9 Å². The highest BCUT2D eigenvalue weighted by molar-refractivity contribution is 7.99. The van der Waals surface area contributed by atoms with Gasteiger partial charge in [0.2, 0.25) is 0 Å². The van der Waals surface area contributed by atoms with Crippen LogP contribution in [0.3, 0.4) is 0 Å². The summed E-state index contributed by atoms with van der Waals surface area (Å²) in [6, 6.07) is 17.0.